The van der Waals surface area contributed by atoms with Crippen molar-refractivity contribution < 1.29 is 14.1 Å². The molecule has 0 radical (unpaired) electrons. The molecule has 1 heterocycles. The van der Waals surface area contributed by atoms with Crippen LogP contribution >= 0.6 is 0 Å². The molecule has 4 nitrogen and oxygen atoms in total. The highest BCUT2D eigenvalue weighted by atomic mass is 32.2. The van der Waals surface area contributed by atoms with Crippen molar-refractivity contribution in [1.82, 2.24) is 4.90 Å². The minimum Gasteiger partial charge on any atom is -0.395 e. The number of aliphatic hydroxyl groups excluding tert-OH is 1. The number of carbonyl (C=O) groups excluding carboxylic acids is 1. The molecule has 112 valence electrons. The zero-order valence-corrected chi connectivity index (χ0v) is 12.9. The lowest BCUT2D eigenvalue weighted by molar-refractivity contribution is 0.0771. The van der Waals surface area contributed by atoms with Gasteiger partial charge < -0.3 is 10.0 Å². The van der Waals surface area contributed by atoms with E-state index in [0.717, 1.165) is 5.56 Å². The van der Waals surface area contributed by atoms with Crippen LogP contribution in [0.15, 0.2) is 18.2 Å². The Morgan fingerprint density at radius 1 is 1.38 bits per heavy atom. The number of aliphatic hydroxyl groups is 1. The molecule has 0 bridgehead atoms. The van der Waals surface area contributed by atoms with Gasteiger partial charge in [0, 0.05) is 47.4 Å². The minimum atomic E-state index is -0.799. The first kappa shape index (κ1) is 15.7. The smallest absolute Gasteiger partial charge is 0.255 e. The van der Waals surface area contributed by atoms with Crippen LogP contribution in [0.2, 0.25) is 0 Å². The molecule has 1 N–H and O–H groups in total. The number of amides is 1. The van der Waals surface area contributed by atoms with E-state index in [1.54, 1.807) is 11.0 Å². The molecule has 0 unspecified atom stereocenters. The third kappa shape index (κ3) is 4.16. The quantitative estimate of drug-likeness (QED) is 0.827. The van der Waals surface area contributed by atoms with Gasteiger partial charge in [-0.1, -0.05) is 17.9 Å². The van der Waals surface area contributed by atoms with Crippen LogP contribution in [-0.4, -0.2) is 51.3 Å². The Morgan fingerprint density at radius 2 is 2.10 bits per heavy atom. The molecule has 0 saturated carbocycles. The standard InChI is InChI=1S/C16H19NO3S/c1-13-5-6-15(14(12-13)4-2-3-9-18)16(19)17-7-10-21(20)11-8-17/h5-6,12,18H,3,7-11H2,1H3. The van der Waals surface area contributed by atoms with Crippen molar-refractivity contribution in [3.05, 3.63) is 34.9 Å². The van der Waals surface area contributed by atoms with E-state index in [-0.39, 0.29) is 12.5 Å². The molecule has 1 amide bonds. The fraction of sp³-hybridized carbons (Fsp3) is 0.438. The predicted octanol–water partition coefficient (Wildman–Crippen LogP) is 0.933. The summed E-state index contributed by atoms with van der Waals surface area (Å²) >= 11 is 0. The summed E-state index contributed by atoms with van der Waals surface area (Å²) in [6.45, 7) is 3.03. The van der Waals surface area contributed by atoms with Crippen molar-refractivity contribution >= 4 is 16.7 Å². The molecule has 1 fully saturated rings. The molecular formula is C16H19NO3S. The van der Waals surface area contributed by atoms with Gasteiger partial charge in [0.25, 0.3) is 5.91 Å². The van der Waals surface area contributed by atoms with Crippen molar-refractivity contribution in [2.75, 3.05) is 31.2 Å². The Kier molecular flexibility index (Phi) is 5.54. The minimum absolute atomic E-state index is 0.0139. The fourth-order valence-electron chi connectivity index (χ4n) is 2.17. The first-order chi connectivity index (χ1) is 10.1. The molecule has 21 heavy (non-hydrogen) atoms. The Morgan fingerprint density at radius 3 is 2.76 bits per heavy atom. The second-order valence-corrected chi connectivity index (χ2v) is 6.66. The average Bonchev–Trinajstić information content (AvgIpc) is 2.48. The lowest BCUT2D eigenvalue weighted by Crippen LogP contribution is -2.42. The van der Waals surface area contributed by atoms with Crippen LogP contribution in [0.5, 0.6) is 0 Å². The van der Waals surface area contributed by atoms with Gasteiger partial charge in [-0.3, -0.25) is 9.00 Å². The Labute approximate surface area is 127 Å². The van der Waals surface area contributed by atoms with Gasteiger partial charge in [-0.25, -0.2) is 0 Å². The molecule has 1 saturated heterocycles. The molecule has 0 spiro atoms. The van der Waals surface area contributed by atoms with Gasteiger partial charge in [0.05, 0.1) is 12.2 Å². The molecule has 1 aliphatic rings. The molecule has 0 atom stereocenters. The second-order valence-electron chi connectivity index (χ2n) is 4.96. The van der Waals surface area contributed by atoms with Crippen LogP contribution in [-0.2, 0) is 10.8 Å². The summed E-state index contributed by atoms with van der Waals surface area (Å²) in [7, 11) is -0.799. The average molecular weight is 305 g/mol. The first-order valence-corrected chi connectivity index (χ1v) is 8.45. The van der Waals surface area contributed by atoms with Gasteiger partial charge >= 0.3 is 0 Å². The number of aryl methyl sites for hydroxylation is 1. The number of carbonyl (C=O) groups is 1. The first-order valence-electron chi connectivity index (χ1n) is 6.96. The number of nitrogens with zero attached hydrogens (tertiary/aromatic N) is 1. The molecule has 2 rings (SSSR count). The summed E-state index contributed by atoms with van der Waals surface area (Å²) in [5.41, 5.74) is 2.32. The maximum Gasteiger partial charge on any atom is 0.255 e. The molecule has 0 aliphatic carbocycles. The van der Waals surface area contributed by atoms with Crippen LogP contribution in [0.1, 0.15) is 27.9 Å². The summed E-state index contributed by atoms with van der Waals surface area (Å²) in [5.74, 6) is 6.86. The van der Waals surface area contributed by atoms with E-state index in [1.807, 2.05) is 19.1 Å². The Balaban J connectivity index is 2.24. The monoisotopic (exact) mass is 305 g/mol. The molecule has 1 aliphatic heterocycles. The van der Waals surface area contributed by atoms with Crippen LogP contribution in [0, 0.1) is 18.8 Å². The Hall–Kier alpha value is -1.64. The summed E-state index contributed by atoms with van der Waals surface area (Å²) in [4.78, 5) is 14.3. The summed E-state index contributed by atoms with van der Waals surface area (Å²) < 4.78 is 11.4. The number of benzene rings is 1. The van der Waals surface area contributed by atoms with Crippen LogP contribution in [0.3, 0.4) is 0 Å². The van der Waals surface area contributed by atoms with E-state index < -0.39 is 10.8 Å². The zero-order valence-electron chi connectivity index (χ0n) is 12.1. The number of rotatable bonds is 2. The van der Waals surface area contributed by atoms with Crippen molar-refractivity contribution in [3.63, 3.8) is 0 Å². The second kappa shape index (κ2) is 7.39. The van der Waals surface area contributed by atoms with E-state index in [4.69, 9.17) is 5.11 Å². The van der Waals surface area contributed by atoms with E-state index in [1.165, 1.54) is 0 Å². The van der Waals surface area contributed by atoms with Crippen LogP contribution < -0.4 is 0 Å². The maximum atomic E-state index is 12.6. The van der Waals surface area contributed by atoms with Crippen molar-refractivity contribution in [3.8, 4) is 11.8 Å². The molecular weight excluding hydrogens is 286 g/mol. The third-order valence-electron chi connectivity index (χ3n) is 3.33. The van der Waals surface area contributed by atoms with Gasteiger partial charge in [0.1, 0.15) is 0 Å². The summed E-state index contributed by atoms with van der Waals surface area (Å²) in [6.07, 6.45) is 0.393. The number of hydrogen-bond donors (Lipinski definition) is 1. The highest BCUT2D eigenvalue weighted by Gasteiger charge is 2.22. The topological polar surface area (TPSA) is 57.6 Å². The zero-order chi connectivity index (χ0) is 15.2. The van der Waals surface area contributed by atoms with Crippen LogP contribution in [0.4, 0.5) is 0 Å². The predicted molar refractivity (Wildman–Crippen MR) is 83.5 cm³/mol. The Bertz CT molecular complexity index is 606. The normalized spacial score (nSPS) is 15.4. The van der Waals surface area contributed by atoms with E-state index >= 15 is 0 Å². The largest absolute Gasteiger partial charge is 0.395 e. The lowest BCUT2D eigenvalue weighted by Gasteiger charge is -2.26. The highest BCUT2D eigenvalue weighted by Crippen LogP contribution is 2.15. The highest BCUT2D eigenvalue weighted by molar-refractivity contribution is 7.85. The van der Waals surface area contributed by atoms with E-state index in [0.29, 0.717) is 42.1 Å². The molecule has 1 aromatic carbocycles. The van der Waals surface area contributed by atoms with Gasteiger partial charge in [-0.05, 0) is 24.6 Å². The van der Waals surface area contributed by atoms with E-state index in [9.17, 15) is 9.00 Å². The summed E-state index contributed by atoms with van der Waals surface area (Å²) in [5, 5.41) is 8.80. The molecule has 0 aromatic heterocycles. The molecule has 5 heteroatoms. The molecule has 1 aromatic rings. The van der Waals surface area contributed by atoms with Crippen molar-refractivity contribution in [1.29, 1.82) is 0 Å². The van der Waals surface area contributed by atoms with Crippen molar-refractivity contribution in [2.24, 2.45) is 0 Å². The van der Waals surface area contributed by atoms with Gasteiger partial charge in [0.2, 0.25) is 0 Å². The summed E-state index contributed by atoms with van der Waals surface area (Å²) in [6, 6.07) is 5.58. The van der Waals surface area contributed by atoms with E-state index in [2.05, 4.69) is 11.8 Å². The fourth-order valence-corrected chi connectivity index (χ4v) is 3.23. The van der Waals surface area contributed by atoms with Crippen LogP contribution in [0.25, 0.3) is 0 Å². The lowest BCUT2D eigenvalue weighted by atomic mass is 10.0. The van der Waals surface area contributed by atoms with Gasteiger partial charge in [-0.15, -0.1) is 0 Å². The third-order valence-corrected chi connectivity index (χ3v) is 4.61. The maximum absolute atomic E-state index is 12.6. The SMILES string of the molecule is Cc1ccc(C(=O)N2CCS(=O)CC2)c(C#CCCO)c1. The van der Waals surface area contributed by atoms with Gasteiger partial charge in [-0.2, -0.15) is 0 Å². The van der Waals surface area contributed by atoms with Gasteiger partial charge in [0.15, 0.2) is 0 Å². The van der Waals surface area contributed by atoms with Crippen molar-refractivity contribution in [2.45, 2.75) is 13.3 Å². The number of hydrogen-bond acceptors (Lipinski definition) is 3.